The zero-order valence-corrected chi connectivity index (χ0v) is 9.19. The quantitative estimate of drug-likeness (QED) is 0.765. The lowest BCUT2D eigenvalue weighted by molar-refractivity contribution is -0.154. The minimum Gasteiger partial charge on any atom is -0.460 e. The number of hydrogen-bond acceptors (Lipinski definition) is 3. The number of hydrogen-bond donors (Lipinski definition) is 1. The van der Waals surface area contributed by atoms with Gasteiger partial charge in [-0.05, 0) is 19.4 Å². The van der Waals surface area contributed by atoms with Crippen molar-refractivity contribution >= 4 is 5.97 Å². The Labute approximate surface area is 90.2 Å². The van der Waals surface area contributed by atoms with Crippen molar-refractivity contribution in [3.05, 3.63) is 35.9 Å². The van der Waals surface area contributed by atoms with Crippen molar-refractivity contribution in [2.75, 3.05) is 6.54 Å². The molecule has 1 aromatic rings. The average Bonchev–Trinajstić information content (AvgIpc) is 2.27. The summed E-state index contributed by atoms with van der Waals surface area (Å²) in [5.41, 5.74) is 5.86. The molecule has 0 amide bonds. The van der Waals surface area contributed by atoms with Gasteiger partial charge in [0.25, 0.3) is 0 Å². The molecular formula is C12H17NO2. The Hall–Kier alpha value is -1.35. The van der Waals surface area contributed by atoms with E-state index in [1.165, 1.54) is 0 Å². The third-order valence-corrected chi connectivity index (χ3v) is 2.28. The van der Waals surface area contributed by atoms with Gasteiger partial charge in [0.2, 0.25) is 0 Å². The number of nitrogens with two attached hydrogens (primary N) is 1. The Morgan fingerprint density at radius 3 is 2.47 bits per heavy atom. The molecule has 0 saturated heterocycles. The van der Waals surface area contributed by atoms with Crippen molar-refractivity contribution in [2.45, 2.75) is 20.5 Å². The molecular weight excluding hydrogens is 190 g/mol. The van der Waals surface area contributed by atoms with E-state index < -0.39 is 5.41 Å². The predicted octanol–water partition coefficient (Wildman–Crippen LogP) is 1.71. The van der Waals surface area contributed by atoms with Gasteiger partial charge in [0.15, 0.2) is 0 Å². The highest BCUT2D eigenvalue weighted by atomic mass is 16.5. The minimum absolute atomic E-state index is 0.256. The molecule has 0 bridgehead atoms. The van der Waals surface area contributed by atoms with E-state index in [1.807, 2.05) is 30.3 Å². The summed E-state index contributed by atoms with van der Waals surface area (Å²) in [6.07, 6.45) is 0. The van der Waals surface area contributed by atoms with Gasteiger partial charge in [-0.15, -0.1) is 0 Å². The summed E-state index contributed by atoms with van der Waals surface area (Å²) in [5.74, 6) is -0.256. The first-order chi connectivity index (χ1) is 7.06. The van der Waals surface area contributed by atoms with Crippen LogP contribution in [0.25, 0.3) is 0 Å². The van der Waals surface area contributed by atoms with Crippen molar-refractivity contribution in [2.24, 2.45) is 11.1 Å². The van der Waals surface area contributed by atoms with Gasteiger partial charge in [-0.2, -0.15) is 0 Å². The number of esters is 1. The van der Waals surface area contributed by atoms with Crippen LogP contribution in [-0.4, -0.2) is 12.5 Å². The van der Waals surface area contributed by atoms with E-state index in [4.69, 9.17) is 10.5 Å². The van der Waals surface area contributed by atoms with Crippen molar-refractivity contribution < 1.29 is 9.53 Å². The molecule has 2 N–H and O–H groups in total. The molecule has 1 rings (SSSR count). The summed E-state index contributed by atoms with van der Waals surface area (Å²) in [6.45, 7) is 4.16. The van der Waals surface area contributed by atoms with Crippen molar-refractivity contribution in [1.82, 2.24) is 0 Å². The van der Waals surface area contributed by atoms with Crippen LogP contribution in [0.15, 0.2) is 30.3 Å². The topological polar surface area (TPSA) is 52.3 Å². The standard InChI is InChI=1S/C12H17NO2/c1-12(2,9-13)11(14)15-8-10-6-4-3-5-7-10/h3-7H,8-9,13H2,1-2H3. The molecule has 0 saturated carbocycles. The van der Waals surface area contributed by atoms with E-state index in [9.17, 15) is 4.79 Å². The summed E-state index contributed by atoms with van der Waals surface area (Å²) in [4.78, 5) is 11.6. The van der Waals surface area contributed by atoms with Gasteiger partial charge in [-0.1, -0.05) is 30.3 Å². The predicted molar refractivity (Wildman–Crippen MR) is 59.1 cm³/mol. The first-order valence-electron chi connectivity index (χ1n) is 4.97. The third kappa shape index (κ3) is 3.36. The lowest BCUT2D eigenvalue weighted by Crippen LogP contribution is -2.34. The Kier molecular flexibility index (Phi) is 3.86. The van der Waals surface area contributed by atoms with E-state index >= 15 is 0 Å². The van der Waals surface area contributed by atoms with Crippen molar-refractivity contribution in [1.29, 1.82) is 0 Å². The van der Waals surface area contributed by atoms with Gasteiger partial charge in [-0.25, -0.2) is 0 Å². The summed E-state index contributed by atoms with van der Waals surface area (Å²) < 4.78 is 5.16. The molecule has 0 aliphatic rings. The maximum absolute atomic E-state index is 11.6. The fraction of sp³-hybridized carbons (Fsp3) is 0.417. The molecule has 0 spiro atoms. The van der Waals surface area contributed by atoms with Gasteiger partial charge in [-0.3, -0.25) is 4.79 Å². The van der Waals surface area contributed by atoms with Crippen molar-refractivity contribution in [3.8, 4) is 0 Å². The summed E-state index contributed by atoms with van der Waals surface area (Å²) in [6, 6.07) is 9.59. The second kappa shape index (κ2) is 4.94. The number of benzene rings is 1. The largest absolute Gasteiger partial charge is 0.460 e. The van der Waals surface area contributed by atoms with E-state index in [2.05, 4.69) is 0 Å². The molecule has 1 aromatic carbocycles. The fourth-order valence-corrected chi connectivity index (χ4v) is 1.00. The van der Waals surface area contributed by atoms with Crippen LogP contribution in [0.5, 0.6) is 0 Å². The molecule has 0 aromatic heterocycles. The number of carbonyl (C=O) groups excluding carboxylic acids is 1. The van der Waals surface area contributed by atoms with Crippen LogP contribution in [0.3, 0.4) is 0 Å². The van der Waals surface area contributed by atoms with Crippen LogP contribution in [0.1, 0.15) is 19.4 Å². The smallest absolute Gasteiger partial charge is 0.313 e. The van der Waals surface area contributed by atoms with Crippen LogP contribution >= 0.6 is 0 Å². The van der Waals surface area contributed by atoms with Crippen molar-refractivity contribution in [3.63, 3.8) is 0 Å². The van der Waals surface area contributed by atoms with Gasteiger partial charge < -0.3 is 10.5 Å². The first-order valence-corrected chi connectivity index (χ1v) is 4.97. The lowest BCUT2D eigenvalue weighted by Gasteiger charge is -2.19. The van der Waals surface area contributed by atoms with Gasteiger partial charge >= 0.3 is 5.97 Å². The molecule has 15 heavy (non-hydrogen) atoms. The van der Waals surface area contributed by atoms with Crippen LogP contribution in [0.4, 0.5) is 0 Å². The first kappa shape index (κ1) is 11.7. The number of carbonyl (C=O) groups is 1. The molecule has 3 nitrogen and oxygen atoms in total. The second-order valence-corrected chi connectivity index (χ2v) is 4.15. The Balaban J connectivity index is 2.48. The van der Waals surface area contributed by atoms with Crippen LogP contribution in [0, 0.1) is 5.41 Å². The highest BCUT2D eigenvalue weighted by Crippen LogP contribution is 2.15. The van der Waals surface area contributed by atoms with Gasteiger partial charge in [0.1, 0.15) is 6.61 Å². The molecule has 3 heteroatoms. The highest BCUT2D eigenvalue weighted by Gasteiger charge is 2.27. The van der Waals surface area contributed by atoms with Crippen LogP contribution < -0.4 is 5.73 Å². The highest BCUT2D eigenvalue weighted by molar-refractivity contribution is 5.76. The molecule has 0 heterocycles. The molecule has 0 fully saturated rings. The average molecular weight is 207 g/mol. The van der Waals surface area contributed by atoms with Gasteiger partial charge in [0, 0.05) is 6.54 Å². The molecule has 0 atom stereocenters. The Bertz CT molecular complexity index is 320. The minimum atomic E-state index is -0.602. The normalized spacial score (nSPS) is 11.1. The van der Waals surface area contributed by atoms with E-state index in [0.29, 0.717) is 13.2 Å². The number of ether oxygens (including phenoxy) is 1. The van der Waals surface area contributed by atoms with Gasteiger partial charge in [0.05, 0.1) is 5.41 Å². The maximum atomic E-state index is 11.6. The zero-order chi connectivity index (χ0) is 11.3. The second-order valence-electron chi connectivity index (χ2n) is 4.15. The summed E-state index contributed by atoms with van der Waals surface area (Å²) in [5, 5.41) is 0. The Morgan fingerprint density at radius 2 is 1.93 bits per heavy atom. The monoisotopic (exact) mass is 207 g/mol. The maximum Gasteiger partial charge on any atom is 0.313 e. The van der Waals surface area contributed by atoms with Crippen LogP contribution in [-0.2, 0) is 16.1 Å². The molecule has 0 aliphatic heterocycles. The lowest BCUT2D eigenvalue weighted by atomic mass is 9.94. The molecule has 0 radical (unpaired) electrons. The SMILES string of the molecule is CC(C)(CN)C(=O)OCc1ccccc1. The summed E-state index contributed by atoms with van der Waals surface area (Å²) >= 11 is 0. The molecule has 82 valence electrons. The fourth-order valence-electron chi connectivity index (χ4n) is 1.00. The zero-order valence-electron chi connectivity index (χ0n) is 9.19. The number of rotatable bonds is 4. The van der Waals surface area contributed by atoms with Crippen LogP contribution in [0.2, 0.25) is 0 Å². The van der Waals surface area contributed by atoms with E-state index in [-0.39, 0.29) is 5.97 Å². The summed E-state index contributed by atoms with van der Waals surface area (Å²) in [7, 11) is 0. The molecule has 0 aliphatic carbocycles. The molecule has 0 unspecified atom stereocenters. The van der Waals surface area contributed by atoms with E-state index in [1.54, 1.807) is 13.8 Å². The Morgan fingerprint density at radius 1 is 1.33 bits per heavy atom. The van der Waals surface area contributed by atoms with E-state index in [0.717, 1.165) is 5.56 Å². The third-order valence-electron chi connectivity index (χ3n) is 2.28.